The second-order valence-electron chi connectivity index (χ2n) is 6.45. The lowest BCUT2D eigenvalue weighted by Crippen LogP contribution is -2.34. The molecule has 2 rings (SSSR count). The van der Waals surface area contributed by atoms with Crippen molar-refractivity contribution >= 4 is 23.2 Å². The van der Waals surface area contributed by atoms with E-state index in [1.807, 2.05) is 0 Å². The molecule has 1 aliphatic rings. The molecule has 2 amide bonds. The summed E-state index contributed by atoms with van der Waals surface area (Å²) >= 11 is 0. The van der Waals surface area contributed by atoms with Crippen LogP contribution in [0.25, 0.3) is 0 Å². The van der Waals surface area contributed by atoms with Gasteiger partial charge in [-0.1, -0.05) is 6.42 Å². The number of likely N-dealkylation sites (tertiary alicyclic amines) is 1. The second-order valence-corrected chi connectivity index (χ2v) is 6.45. The molecule has 1 saturated heterocycles. The molecule has 0 aromatic heterocycles. The fraction of sp³-hybridized carbons (Fsp3) is 0.529. The zero-order valence-corrected chi connectivity index (χ0v) is 15.1. The quantitative estimate of drug-likeness (QED) is 0.439. The van der Waals surface area contributed by atoms with Gasteiger partial charge in [0.2, 0.25) is 5.91 Å². The lowest BCUT2D eigenvalue weighted by molar-refractivity contribution is -0.395. The Morgan fingerprint density at radius 1 is 1.15 bits per heavy atom. The predicted octanol–water partition coefficient (Wildman–Crippen LogP) is 2.33. The molecule has 0 unspecified atom stereocenters. The van der Waals surface area contributed by atoms with Gasteiger partial charge in [-0.2, -0.15) is 0 Å². The normalized spacial score (nSPS) is 14.6. The Hall–Kier alpha value is -3.04. The zero-order chi connectivity index (χ0) is 20.0. The zero-order valence-electron chi connectivity index (χ0n) is 15.1. The first-order valence-electron chi connectivity index (χ1n) is 8.80. The maximum absolute atomic E-state index is 12.2. The first-order chi connectivity index (χ1) is 12.8. The maximum Gasteiger partial charge on any atom is 0.279 e. The van der Waals surface area contributed by atoms with E-state index in [-0.39, 0.29) is 23.6 Å². The Balaban J connectivity index is 1.98. The summed E-state index contributed by atoms with van der Waals surface area (Å²) in [6.45, 7) is 2.77. The molecular weight excluding hydrogens is 356 g/mol. The topological polar surface area (TPSA) is 136 Å². The van der Waals surface area contributed by atoms with E-state index in [0.29, 0.717) is 25.9 Å². The molecule has 0 spiro atoms. The van der Waals surface area contributed by atoms with Gasteiger partial charge < -0.3 is 10.2 Å². The number of amides is 2. The summed E-state index contributed by atoms with van der Waals surface area (Å²) in [5.74, 6) is -0.507. The van der Waals surface area contributed by atoms with Crippen LogP contribution in [0.4, 0.5) is 11.4 Å². The summed E-state index contributed by atoms with van der Waals surface area (Å²) in [7, 11) is 0. The number of nitro groups is 2. The molecule has 1 fully saturated rings. The first kappa shape index (κ1) is 20.3. The van der Waals surface area contributed by atoms with Crippen LogP contribution in [0.5, 0.6) is 0 Å². The van der Waals surface area contributed by atoms with Crippen molar-refractivity contribution in [3.63, 3.8) is 0 Å². The van der Waals surface area contributed by atoms with Crippen LogP contribution in [0.2, 0.25) is 0 Å². The molecular formula is C17H22N4O6. The number of nitrogens with zero attached hydrogens (tertiary/aromatic N) is 3. The number of nitro benzene ring substituents is 2. The van der Waals surface area contributed by atoms with E-state index in [9.17, 15) is 29.8 Å². The molecule has 0 bridgehead atoms. The number of nitrogens with one attached hydrogen (secondary N) is 1. The minimum atomic E-state index is -0.746. The predicted molar refractivity (Wildman–Crippen MR) is 96.5 cm³/mol. The van der Waals surface area contributed by atoms with E-state index < -0.39 is 27.1 Å². The Kier molecular flexibility index (Phi) is 6.80. The second kappa shape index (κ2) is 9.06. The molecule has 27 heavy (non-hydrogen) atoms. The van der Waals surface area contributed by atoms with Crippen molar-refractivity contribution in [3.05, 3.63) is 43.5 Å². The van der Waals surface area contributed by atoms with Gasteiger partial charge in [0.25, 0.3) is 17.3 Å². The van der Waals surface area contributed by atoms with Gasteiger partial charge in [0.1, 0.15) is 5.56 Å². The summed E-state index contributed by atoms with van der Waals surface area (Å²) in [6.07, 6.45) is 3.98. The van der Waals surface area contributed by atoms with Gasteiger partial charge in [-0.05, 0) is 26.2 Å². The van der Waals surface area contributed by atoms with Gasteiger partial charge in [-0.25, -0.2) is 0 Å². The van der Waals surface area contributed by atoms with Crippen molar-refractivity contribution in [3.8, 4) is 0 Å². The molecule has 0 radical (unpaired) electrons. The molecule has 1 heterocycles. The number of hydrogen-bond donors (Lipinski definition) is 1. The van der Waals surface area contributed by atoms with Gasteiger partial charge in [-0.15, -0.1) is 0 Å². The summed E-state index contributed by atoms with van der Waals surface area (Å²) in [6, 6.07) is 2.08. The molecule has 1 aliphatic heterocycles. The lowest BCUT2D eigenvalue weighted by atomic mass is 10.1. The van der Waals surface area contributed by atoms with Gasteiger partial charge in [0.05, 0.1) is 15.4 Å². The molecule has 1 aromatic rings. The third-order valence-electron chi connectivity index (χ3n) is 4.57. The average Bonchev–Trinajstić information content (AvgIpc) is 2.82. The third-order valence-corrected chi connectivity index (χ3v) is 4.57. The molecule has 10 nitrogen and oxygen atoms in total. The van der Waals surface area contributed by atoms with Crippen molar-refractivity contribution < 1.29 is 19.4 Å². The highest BCUT2D eigenvalue weighted by atomic mass is 16.6. The number of rotatable bonds is 7. The van der Waals surface area contributed by atoms with Crippen LogP contribution in [-0.2, 0) is 4.79 Å². The fourth-order valence-electron chi connectivity index (χ4n) is 3.04. The molecule has 1 N–H and O–H groups in total. The van der Waals surface area contributed by atoms with E-state index in [2.05, 4.69) is 5.32 Å². The van der Waals surface area contributed by atoms with E-state index in [4.69, 9.17) is 0 Å². The standard InChI is InChI=1S/C17H22N4O6/c1-12-14(20(24)25)10-13(11-15(12)21(26)27)17(23)18-7-5-9-19-8-4-2-3-6-16(19)22/h10-11H,2-9H2,1H3,(H,18,23). The van der Waals surface area contributed by atoms with Crippen LogP contribution in [0.1, 0.15) is 48.0 Å². The summed E-state index contributed by atoms with van der Waals surface area (Å²) in [4.78, 5) is 46.6. The number of carbonyl (C=O) groups excluding carboxylic acids is 2. The average molecular weight is 378 g/mol. The Labute approximate surface area is 155 Å². The van der Waals surface area contributed by atoms with Gasteiger partial charge in [0, 0.05) is 38.2 Å². The SMILES string of the molecule is Cc1c([N+](=O)[O-])cc(C(=O)NCCCN2CCCCCC2=O)cc1[N+](=O)[O-]. The molecule has 0 aliphatic carbocycles. The Morgan fingerprint density at radius 2 is 1.78 bits per heavy atom. The fourth-order valence-corrected chi connectivity index (χ4v) is 3.04. The highest BCUT2D eigenvalue weighted by Gasteiger charge is 2.25. The molecule has 10 heteroatoms. The summed E-state index contributed by atoms with van der Waals surface area (Å²) < 4.78 is 0. The lowest BCUT2D eigenvalue weighted by Gasteiger charge is -2.20. The number of carbonyl (C=O) groups is 2. The van der Waals surface area contributed by atoms with E-state index >= 15 is 0 Å². The number of benzene rings is 1. The van der Waals surface area contributed by atoms with Crippen molar-refractivity contribution in [1.82, 2.24) is 10.2 Å². The van der Waals surface area contributed by atoms with Crippen LogP contribution in [0, 0.1) is 27.2 Å². The van der Waals surface area contributed by atoms with Gasteiger partial charge in [0.15, 0.2) is 0 Å². The van der Waals surface area contributed by atoms with Crippen LogP contribution < -0.4 is 5.32 Å². The van der Waals surface area contributed by atoms with Crippen LogP contribution in [0.3, 0.4) is 0 Å². The largest absolute Gasteiger partial charge is 0.352 e. The molecule has 0 saturated carbocycles. The summed E-state index contributed by atoms with van der Waals surface area (Å²) in [5, 5.41) is 24.8. The highest BCUT2D eigenvalue weighted by Crippen LogP contribution is 2.29. The minimum absolute atomic E-state index is 0.0961. The van der Waals surface area contributed by atoms with Crippen LogP contribution in [-0.4, -0.2) is 46.2 Å². The third kappa shape index (κ3) is 5.22. The number of hydrogen-bond acceptors (Lipinski definition) is 6. The Morgan fingerprint density at radius 3 is 2.37 bits per heavy atom. The minimum Gasteiger partial charge on any atom is -0.352 e. The van der Waals surface area contributed by atoms with Crippen molar-refractivity contribution in [2.75, 3.05) is 19.6 Å². The van der Waals surface area contributed by atoms with Crippen LogP contribution in [0.15, 0.2) is 12.1 Å². The van der Waals surface area contributed by atoms with Crippen LogP contribution >= 0.6 is 0 Å². The van der Waals surface area contributed by atoms with E-state index in [0.717, 1.165) is 31.4 Å². The molecule has 1 aromatic carbocycles. The summed E-state index contributed by atoms with van der Waals surface area (Å²) in [5.41, 5.74) is -1.17. The first-order valence-corrected chi connectivity index (χ1v) is 8.80. The van der Waals surface area contributed by atoms with Crippen molar-refractivity contribution in [1.29, 1.82) is 0 Å². The highest BCUT2D eigenvalue weighted by molar-refractivity contribution is 5.96. The smallest absolute Gasteiger partial charge is 0.279 e. The molecule has 146 valence electrons. The van der Waals surface area contributed by atoms with Gasteiger partial charge >= 0.3 is 0 Å². The monoisotopic (exact) mass is 378 g/mol. The van der Waals surface area contributed by atoms with E-state index in [1.165, 1.54) is 6.92 Å². The van der Waals surface area contributed by atoms with Crippen molar-refractivity contribution in [2.45, 2.75) is 39.0 Å². The van der Waals surface area contributed by atoms with E-state index in [1.54, 1.807) is 4.90 Å². The van der Waals surface area contributed by atoms with Crippen molar-refractivity contribution in [2.24, 2.45) is 0 Å². The maximum atomic E-state index is 12.2. The van der Waals surface area contributed by atoms with Gasteiger partial charge in [-0.3, -0.25) is 29.8 Å². The Bertz CT molecular complexity index is 729. The molecule has 0 atom stereocenters.